The highest BCUT2D eigenvalue weighted by Gasteiger charge is 2.10. The Morgan fingerprint density at radius 1 is 1.33 bits per heavy atom. The van der Waals surface area contributed by atoms with Crippen LogP contribution < -0.4 is 16.1 Å². The summed E-state index contributed by atoms with van der Waals surface area (Å²) in [6.07, 6.45) is 1.55. The number of benzene rings is 1. The molecule has 6 heteroatoms. The van der Waals surface area contributed by atoms with Crippen LogP contribution >= 0.6 is 0 Å². The van der Waals surface area contributed by atoms with Gasteiger partial charge < -0.3 is 15.4 Å². The summed E-state index contributed by atoms with van der Waals surface area (Å²) < 4.78 is 5.31. The minimum absolute atomic E-state index is 0.670. The number of rotatable bonds is 3. The molecule has 1 heterocycles. The molecule has 1 fully saturated rings. The van der Waals surface area contributed by atoms with Gasteiger partial charge in [-0.25, -0.2) is 10.2 Å². The molecular formula is C12H16N4O2. The number of nitrogens with one attached hydrogen (secondary N) is 1. The molecule has 0 saturated carbocycles. The van der Waals surface area contributed by atoms with Crippen molar-refractivity contribution in [2.24, 2.45) is 10.8 Å². The van der Waals surface area contributed by atoms with Gasteiger partial charge in [0.05, 0.1) is 19.4 Å². The predicted octanol–water partition coefficient (Wildman–Crippen LogP) is 0.525. The van der Waals surface area contributed by atoms with E-state index in [0.29, 0.717) is 0 Å². The molecule has 0 atom stereocenters. The van der Waals surface area contributed by atoms with Crippen molar-refractivity contribution in [3.8, 4) is 0 Å². The summed E-state index contributed by atoms with van der Waals surface area (Å²) in [5.41, 5.74) is 9.12. The van der Waals surface area contributed by atoms with Crippen LogP contribution in [-0.4, -0.2) is 38.5 Å². The zero-order valence-electron chi connectivity index (χ0n) is 10.0. The Hall–Kier alpha value is -2.08. The number of primary amides is 1. The normalized spacial score (nSPS) is 15.9. The van der Waals surface area contributed by atoms with E-state index in [4.69, 9.17) is 10.5 Å². The van der Waals surface area contributed by atoms with Gasteiger partial charge in [-0.1, -0.05) is 12.1 Å². The Balaban J connectivity index is 1.96. The van der Waals surface area contributed by atoms with E-state index in [-0.39, 0.29) is 0 Å². The number of anilines is 1. The molecule has 2 rings (SSSR count). The van der Waals surface area contributed by atoms with Gasteiger partial charge in [0.2, 0.25) is 0 Å². The molecule has 0 radical (unpaired) electrons. The lowest BCUT2D eigenvalue weighted by Gasteiger charge is -2.28. The summed E-state index contributed by atoms with van der Waals surface area (Å²) in [6, 6.07) is 7.26. The Morgan fingerprint density at radius 2 is 2.00 bits per heavy atom. The monoisotopic (exact) mass is 248 g/mol. The summed E-state index contributed by atoms with van der Waals surface area (Å²) >= 11 is 0. The van der Waals surface area contributed by atoms with Crippen molar-refractivity contribution in [1.29, 1.82) is 0 Å². The second-order valence-corrected chi connectivity index (χ2v) is 3.93. The van der Waals surface area contributed by atoms with Crippen LogP contribution in [0.2, 0.25) is 0 Å². The fraction of sp³-hybridized carbons (Fsp3) is 0.333. The average Bonchev–Trinajstić information content (AvgIpc) is 2.40. The maximum atomic E-state index is 10.4. The molecule has 0 bridgehead atoms. The van der Waals surface area contributed by atoms with Crippen molar-refractivity contribution >= 4 is 17.9 Å². The second-order valence-electron chi connectivity index (χ2n) is 3.93. The third-order valence-electron chi connectivity index (χ3n) is 2.66. The number of nitrogens with zero attached hydrogens (tertiary/aromatic N) is 2. The summed E-state index contributed by atoms with van der Waals surface area (Å²) in [5.74, 6) is 0. The van der Waals surface area contributed by atoms with Crippen LogP contribution in [0.15, 0.2) is 29.4 Å². The highest BCUT2D eigenvalue weighted by atomic mass is 16.5. The smallest absolute Gasteiger partial charge is 0.332 e. The molecule has 0 aliphatic carbocycles. The topological polar surface area (TPSA) is 80.0 Å². The van der Waals surface area contributed by atoms with Crippen LogP contribution in [0.1, 0.15) is 5.56 Å². The summed E-state index contributed by atoms with van der Waals surface area (Å²) in [4.78, 5) is 12.7. The Bertz CT molecular complexity index is 424. The second kappa shape index (κ2) is 6.02. The lowest BCUT2D eigenvalue weighted by molar-refractivity contribution is 0.122. The third kappa shape index (κ3) is 3.46. The maximum absolute atomic E-state index is 10.4. The number of carbonyl (C=O) groups is 1. The SMILES string of the molecule is NC(=O)N/N=C\c1ccc(N2CCOCC2)cc1. The van der Waals surface area contributed by atoms with Gasteiger partial charge in [-0.2, -0.15) is 5.10 Å². The zero-order chi connectivity index (χ0) is 12.8. The lowest BCUT2D eigenvalue weighted by atomic mass is 10.2. The first-order chi connectivity index (χ1) is 8.75. The molecule has 18 heavy (non-hydrogen) atoms. The van der Waals surface area contributed by atoms with Gasteiger partial charge in [0.25, 0.3) is 0 Å². The summed E-state index contributed by atoms with van der Waals surface area (Å²) in [6.45, 7) is 3.37. The highest BCUT2D eigenvalue weighted by molar-refractivity contribution is 5.82. The molecule has 0 spiro atoms. The molecule has 96 valence electrons. The standard InChI is InChI=1S/C12H16N4O2/c13-12(17)15-14-9-10-1-3-11(4-2-10)16-5-7-18-8-6-16/h1-4,9H,5-8H2,(H3,13,15,17)/b14-9-. The van der Waals surface area contributed by atoms with E-state index in [1.807, 2.05) is 24.3 Å². The summed E-state index contributed by atoms with van der Waals surface area (Å²) in [7, 11) is 0. The van der Waals surface area contributed by atoms with Gasteiger partial charge in [0.15, 0.2) is 0 Å². The molecule has 1 aromatic carbocycles. The molecule has 1 aromatic rings. The zero-order valence-corrected chi connectivity index (χ0v) is 10.0. The van der Waals surface area contributed by atoms with E-state index in [1.54, 1.807) is 6.21 Å². The number of urea groups is 1. The molecule has 0 aromatic heterocycles. The van der Waals surface area contributed by atoms with Crippen LogP contribution in [0.3, 0.4) is 0 Å². The van der Waals surface area contributed by atoms with Crippen molar-refractivity contribution in [2.45, 2.75) is 0 Å². The van der Waals surface area contributed by atoms with Crippen molar-refractivity contribution in [3.63, 3.8) is 0 Å². The number of hydrogen-bond donors (Lipinski definition) is 2. The minimum Gasteiger partial charge on any atom is -0.378 e. The quantitative estimate of drug-likeness (QED) is 0.604. The van der Waals surface area contributed by atoms with E-state index in [1.165, 1.54) is 5.69 Å². The van der Waals surface area contributed by atoms with E-state index < -0.39 is 6.03 Å². The number of ether oxygens (including phenoxy) is 1. The molecule has 3 N–H and O–H groups in total. The van der Waals surface area contributed by atoms with Crippen molar-refractivity contribution in [3.05, 3.63) is 29.8 Å². The molecule has 1 aliphatic rings. The first kappa shape index (κ1) is 12.4. The van der Waals surface area contributed by atoms with E-state index in [9.17, 15) is 4.79 Å². The Labute approximate surface area is 105 Å². The number of amides is 2. The minimum atomic E-state index is -0.670. The first-order valence-corrected chi connectivity index (χ1v) is 5.77. The molecule has 0 unspecified atom stereocenters. The Kier molecular flexibility index (Phi) is 4.14. The highest BCUT2D eigenvalue weighted by Crippen LogP contribution is 2.15. The molecule has 1 aliphatic heterocycles. The van der Waals surface area contributed by atoms with Crippen LogP contribution in [0.4, 0.5) is 10.5 Å². The van der Waals surface area contributed by atoms with Gasteiger partial charge in [-0.15, -0.1) is 0 Å². The average molecular weight is 248 g/mol. The number of hydrogen-bond acceptors (Lipinski definition) is 4. The van der Waals surface area contributed by atoms with Crippen LogP contribution in [0, 0.1) is 0 Å². The molecule has 1 saturated heterocycles. The largest absolute Gasteiger partial charge is 0.378 e. The summed E-state index contributed by atoms with van der Waals surface area (Å²) in [5, 5.41) is 3.70. The van der Waals surface area contributed by atoms with E-state index in [0.717, 1.165) is 31.9 Å². The van der Waals surface area contributed by atoms with Gasteiger partial charge >= 0.3 is 6.03 Å². The number of nitrogens with two attached hydrogens (primary N) is 1. The van der Waals surface area contributed by atoms with E-state index in [2.05, 4.69) is 15.4 Å². The molecule has 6 nitrogen and oxygen atoms in total. The van der Waals surface area contributed by atoms with E-state index >= 15 is 0 Å². The van der Waals surface area contributed by atoms with Crippen molar-refractivity contribution in [2.75, 3.05) is 31.2 Å². The van der Waals surface area contributed by atoms with Crippen molar-refractivity contribution < 1.29 is 9.53 Å². The number of hydrazone groups is 1. The van der Waals surface area contributed by atoms with Gasteiger partial charge in [-0.3, -0.25) is 0 Å². The van der Waals surface area contributed by atoms with Gasteiger partial charge in [0, 0.05) is 18.8 Å². The lowest BCUT2D eigenvalue weighted by Crippen LogP contribution is -2.36. The van der Waals surface area contributed by atoms with Crippen LogP contribution in [0.5, 0.6) is 0 Å². The van der Waals surface area contributed by atoms with Crippen molar-refractivity contribution in [1.82, 2.24) is 5.43 Å². The van der Waals surface area contributed by atoms with Crippen LogP contribution in [0.25, 0.3) is 0 Å². The Morgan fingerprint density at radius 3 is 2.61 bits per heavy atom. The number of carbonyl (C=O) groups excluding carboxylic acids is 1. The first-order valence-electron chi connectivity index (χ1n) is 5.77. The van der Waals surface area contributed by atoms with Gasteiger partial charge in [-0.05, 0) is 17.7 Å². The van der Waals surface area contributed by atoms with Crippen LogP contribution in [-0.2, 0) is 4.74 Å². The fourth-order valence-electron chi connectivity index (χ4n) is 1.76. The number of morpholine rings is 1. The van der Waals surface area contributed by atoms with Gasteiger partial charge in [0.1, 0.15) is 0 Å². The predicted molar refractivity (Wildman–Crippen MR) is 69.8 cm³/mol. The molecular weight excluding hydrogens is 232 g/mol. The fourth-order valence-corrected chi connectivity index (χ4v) is 1.76. The molecule has 2 amide bonds. The maximum Gasteiger partial charge on any atom is 0.332 e. The third-order valence-corrected chi connectivity index (χ3v) is 2.66.